The number of nitro groups is 1. The van der Waals surface area contributed by atoms with E-state index in [4.69, 9.17) is 4.74 Å². The molecule has 0 bridgehead atoms. The molecular weight excluding hydrogens is 310 g/mol. The van der Waals surface area contributed by atoms with Gasteiger partial charge in [-0.1, -0.05) is 12.1 Å². The summed E-state index contributed by atoms with van der Waals surface area (Å²) in [5, 5.41) is 14.1. The van der Waals surface area contributed by atoms with E-state index in [0.29, 0.717) is 12.2 Å². The van der Waals surface area contributed by atoms with Crippen molar-refractivity contribution in [2.24, 2.45) is 0 Å². The fourth-order valence-corrected chi connectivity index (χ4v) is 2.91. The van der Waals surface area contributed by atoms with Crippen LogP contribution < -0.4 is 10.2 Å². The number of rotatable bonds is 4. The lowest BCUT2D eigenvalue weighted by atomic mass is 10.0. The molecule has 1 atom stereocenters. The first-order chi connectivity index (χ1) is 11.3. The van der Waals surface area contributed by atoms with Crippen LogP contribution in [-0.2, 0) is 4.74 Å². The first kappa shape index (κ1) is 18.0. The number of alkyl carbamates (subject to hydrolysis) is 1. The Morgan fingerprint density at radius 1 is 1.38 bits per heavy atom. The topological polar surface area (TPSA) is 84.7 Å². The first-order valence-corrected chi connectivity index (χ1v) is 8.25. The number of benzene rings is 1. The molecular formula is C17H25N3O4. The van der Waals surface area contributed by atoms with Gasteiger partial charge in [0.25, 0.3) is 5.69 Å². The maximum absolute atomic E-state index is 11.9. The number of piperidine rings is 1. The summed E-state index contributed by atoms with van der Waals surface area (Å²) in [7, 11) is 0. The molecule has 0 aromatic heterocycles. The molecule has 2 rings (SSSR count). The Bertz CT molecular complexity index is 598. The fraction of sp³-hybridized carbons (Fsp3) is 0.588. The Morgan fingerprint density at radius 3 is 2.75 bits per heavy atom. The van der Waals surface area contributed by atoms with Crippen molar-refractivity contribution in [1.29, 1.82) is 0 Å². The summed E-state index contributed by atoms with van der Waals surface area (Å²) in [6.45, 7) is 6.58. The number of anilines is 1. The standard InChI is InChI=1S/C17H25N3O4/c1-17(2,3)24-16(21)18-12-13-8-6-7-11-19(13)14-9-4-5-10-15(14)20(22)23/h4-5,9-10,13H,6-8,11-12H2,1-3H3,(H,18,21). The number of carbonyl (C=O) groups excluding carboxylic acids is 1. The summed E-state index contributed by atoms with van der Waals surface area (Å²) in [5.41, 5.74) is 0.161. The molecule has 0 saturated carbocycles. The lowest BCUT2D eigenvalue weighted by Crippen LogP contribution is -2.47. The van der Waals surface area contributed by atoms with Crippen LogP contribution in [0.3, 0.4) is 0 Å². The van der Waals surface area contributed by atoms with Crippen molar-refractivity contribution in [2.75, 3.05) is 18.0 Å². The van der Waals surface area contributed by atoms with Crippen LogP contribution in [0.5, 0.6) is 0 Å². The molecule has 1 amide bonds. The number of nitro benzene ring substituents is 1. The largest absolute Gasteiger partial charge is 0.444 e. The maximum atomic E-state index is 11.9. The van der Waals surface area contributed by atoms with Gasteiger partial charge >= 0.3 is 6.09 Å². The van der Waals surface area contributed by atoms with Gasteiger partial charge in [0.15, 0.2) is 0 Å². The van der Waals surface area contributed by atoms with E-state index in [1.807, 2.05) is 25.7 Å². The Balaban J connectivity index is 2.09. The van der Waals surface area contributed by atoms with Crippen LogP contribution >= 0.6 is 0 Å². The van der Waals surface area contributed by atoms with Gasteiger partial charge in [0.1, 0.15) is 11.3 Å². The summed E-state index contributed by atoms with van der Waals surface area (Å²) in [6, 6.07) is 6.77. The Morgan fingerprint density at radius 2 is 2.08 bits per heavy atom. The van der Waals surface area contributed by atoms with Crippen molar-refractivity contribution in [3.05, 3.63) is 34.4 Å². The normalized spacial score (nSPS) is 18.1. The van der Waals surface area contributed by atoms with Crippen LogP contribution in [0.4, 0.5) is 16.2 Å². The van der Waals surface area contributed by atoms with Gasteiger partial charge in [-0.2, -0.15) is 0 Å². The summed E-state index contributed by atoms with van der Waals surface area (Å²) in [6.07, 6.45) is 2.44. The molecule has 0 aliphatic carbocycles. The van der Waals surface area contributed by atoms with Crippen molar-refractivity contribution >= 4 is 17.5 Å². The number of amides is 1. The van der Waals surface area contributed by atoms with Crippen molar-refractivity contribution < 1.29 is 14.5 Å². The van der Waals surface area contributed by atoms with E-state index in [2.05, 4.69) is 5.32 Å². The molecule has 1 heterocycles. The summed E-state index contributed by atoms with van der Waals surface area (Å²) < 4.78 is 5.25. The van der Waals surface area contributed by atoms with Gasteiger partial charge in [-0.15, -0.1) is 0 Å². The number of ether oxygens (including phenoxy) is 1. The van der Waals surface area contributed by atoms with Gasteiger partial charge in [0.2, 0.25) is 0 Å². The highest BCUT2D eigenvalue weighted by Gasteiger charge is 2.28. The quantitative estimate of drug-likeness (QED) is 0.672. The van der Waals surface area contributed by atoms with Crippen molar-refractivity contribution in [1.82, 2.24) is 5.32 Å². The summed E-state index contributed by atoms with van der Waals surface area (Å²) >= 11 is 0. The molecule has 1 aliphatic rings. The third-order valence-electron chi connectivity index (χ3n) is 3.90. The van der Waals surface area contributed by atoms with Crippen LogP contribution in [0.1, 0.15) is 40.0 Å². The Labute approximate surface area is 142 Å². The second-order valence-corrected chi connectivity index (χ2v) is 6.97. The zero-order valence-electron chi connectivity index (χ0n) is 14.4. The number of para-hydroxylation sites is 2. The molecule has 1 N–H and O–H groups in total. The molecule has 0 radical (unpaired) electrons. The Kier molecular flexibility index (Phi) is 5.64. The highest BCUT2D eigenvalue weighted by molar-refractivity contribution is 5.68. The highest BCUT2D eigenvalue weighted by atomic mass is 16.6. The lowest BCUT2D eigenvalue weighted by molar-refractivity contribution is -0.384. The molecule has 7 heteroatoms. The lowest BCUT2D eigenvalue weighted by Gasteiger charge is -2.37. The third-order valence-corrected chi connectivity index (χ3v) is 3.90. The van der Waals surface area contributed by atoms with Crippen LogP contribution in [-0.4, -0.2) is 35.7 Å². The van der Waals surface area contributed by atoms with Gasteiger partial charge in [-0.3, -0.25) is 10.1 Å². The van der Waals surface area contributed by atoms with E-state index in [-0.39, 0.29) is 16.7 Å². The van der Waals surface area contributed by atoms with Crippen LogP contribution in [0.15, 0.2) is 24.3 Å². The van der Waals surface area contributed by atoms with Crippen LogP contribution in [0, 0.1) is 10.1 Å². The number of carbonyl (C=O) groups is 1. The highest BCUT2D eigenvalue weighted by Crippen LogP contribution is 2.32. The molecule has 1 aliphatic heterocycles. The molecule has 24 heavy (non-hydrogen) atoms. The fourth-order valence-electron chi connectivity index (χ4n) is 2.91. The van der Waals surface area contributed by atoms with Crippen molar-refractivity contribution in [3.8, 4) is 0 Å². The smallest absolute Gasteiger partial charge is 0.407 e. The molecule has 1 saturated heterocycles. The molecule has 1 aromatic carbocycles. The van der Waals surface area contributed by atoms with Crippen LogP contribution in [0.2, 0.25) is 0 Å². The SMILES string of the molecule is CC(C)(C)OC(=O)NCC1CCCCN1c1ccccc1[N+](=O)[O-]. The zero-order chi connectivity index (χ0) is 17.7. The second kappa shape index (κ2) is 7.51. The molecule has 1 aromatic rings. The second-order valence-electron chi connectivity index (χ2n) is 6.97. The minimum absolute atomic E-state index is 0.0207. The van der Waals surface area contributed by atoms with E-state index in [0.717, 1.165) is 25.8 Å². The predicted octanol–water partition coefficient (Wildman–Crippen LogP) is 3.48. The van der Waals surface area contributed by atoms with E-state index in [1.165, 1.54) is 6.07 Å². The minimum Gasteiger partial charge on any atom is -0.444 e. The van der Waals surface area contributed by atoms with E-state index in [9.17, 15) is 14.9 Å². The maximum Gasteiger partial charge on any atom is 0.407 e. The number of nitrogens with one attached hydrogen (secondary N) is 1. The van der Waals surface area contributed by atoms with Gasteiger partial charge in [0.05, 0.1) is 4.92 Å². The number of nitrogens with zero attached hydrogens (tertiary/aromatic N) is 2. The van der Waals surface area contributed by atoms with Gasteiger partial charge in [0, 0.05) is 25.2 Å². The van der Waals surface area contributed by atoms with E-state index in [1.54, 1.807) is 18.2 Å². The number of hydrogen-bond donors (Lipinski definition) is 1. The summed E-state index contributed by atoms with van der Waals surface area (Å²) in [5.74, 6) is 0. The summed E-state index contributed by atoms with van der Waals surface area (Å²) in [4.78, 5) is 24.8. The monoisotopic (exact) mass is 335 g/mol. The molecule has 132 valence electrons. The third kappa shape index (κ3) is 4.84. The number of hydrogen-bond acceptors (Lipinski definition) is 5. The molecule has 0 spiro atoms. The van der Waals surface area contributed by atoms with E-state index >= 15 is 0 Å². The average Bonchev–Trinajstić information content (AvgIpc) is 2.51. The zero-order valence-corrected chi connectivity index (χ0v) is 14.4. The van der Waals surface area contributed by atoms with Gasteiger partial charge < -0.3 is 15.0 Å². The Hall–Kier alpha value is -2.31. The van der Waals surface area contributed by atoms with Crippen molar-refractivity contribution in [3.63, 3.8) is 0 Å². The van der Waals surface area contributed by atoms with Gasteiger partial charge in [-0.25, -0.2) is 4.79 Å². The minimum atomic E-state index is -0.547. The average molecular weight is 335 g/mol. The first-order valence-electron chi connectivity index (χ1n) is 8.25. The van der Waals surface area contributed by atoms with Crippen LogP contribution in [0.25, 0.3) is 0 Å². The van der Waals surface area contributed by atoms with Gasteiger partial charge in [-0.05, 0) is 46.1 Å². The predicted molar refractivity (Wildman–Crippen MR) is 92.3 cm³/mol. The van der Waals surface area contributed by atoms with E-state index < -0.39 is 11.7 Å². The molecule has 1 fully saturated rings. The molecule has 7 nitrogen and oxygen atoms in total. The van der Waals surface area contributed by atoms with Crippen molar-refractivity contribution in [2.45, 2.75) is 51.7 Å². The molecule has 1 unspecified atom stereocenters.